The van der Waals surface area contributed by atoms with Crippen molar-refractivity contribution in [2.24, 2.45) is 5.73 Å². The fourth-order valence-electron chi connectivity index (χ4n) is 1.24. The normalized spacial score (nSPS) is 13.7. The lowest BCUT2D eigenvalue weighted by Gasteiger charge is -2.22. The van der Waals surface area contributed by atoms with E-state index in [4.69, 9.17) is 10.8 Å². The maximum atomic E-state index is 11.8. The highest BCUT2D eigenvalue weighted by Crippen LogP contribution is 2.22. The molecule has 6 heteroatoms. The Bertz CT molecular complexity index is 483. The van der Waals surface area contributed by atoms with E-state index in [1.807, 2.05) is 0 Å². The highest BCUT2D eigenvalue weighted by Gasteiger charge is 2.27. The second-order valence-electron chi connectivity index (χ2n) is 4.26. The summed E-state index contributed by atoms with van der Waals surface area (Å²) in [5.41, 5.74) is 4.60. The maximum absolute atomic E-state index is 11.8. The average molecular weight is 252 g/mol. The van der Waals surface area contributed by atoms with E-state index in [2.05, 4.69) is 5.32 Å². The molecule has 0 aliphatic carbocycles. The number of phenolic OH excluding ortho intramolecular Hbond substituents is 1. The molecule has 1 unspecified atom stereocenters. The summed E-state index contributed by atoms with van der Waals surface area (Å²) in [5.74, 6) is -1.90. The minimum absolute atomic E-state index is 0.107. The molecule has 0 aliphatic rings. The largest absolute Gasteiger partial charge is 0.508 e. The van der Waals surface area contributed by atoms with Crippen LogP contribution in [0.15, 0.2) is 18.2 Å². The summed E-state index contributed by atoms with van der Waals surface area (Å²) >= 11 is 0. The molecule has 0 aromatic heterocycles. The monoisotopic (exact) mass is 252 g/mol. The predicted molar refractivity (Wildman–Crippen MR) is 66.6 cm³/mol. The summed E-state index contributed by atoms with van der Waals surface area (Å²) in [6.45, 7) is 3.32. The minimum atomic E-state index is -1.24. The van der Waals surface area contributed by atoms with Crippen LogP contribution in [-0.2, 0) is 4.79 Å². The number of benzene rings is 1. The SMILES string of the molecule is CCC(C)(N)C(=O)Nc1ccc(O)cc1C(=O)O. The van der Waals surface area contributed by atoms with E-state index in [-0.39, 0.29) is 17.0 Å². The van der Waals surface area contributed by atoms with Crippen LogP contribution in [0.4, 0.5) is 5.69 Å². The Kier molecular flexibility index (Phi) is 3.93. The van der Waals surface area contributed by atoms with E-state index in [1.54, 1.807) is 13.8 Å². The van der Waals surface area contributed by atoms with Crippen LogP contribution < -0.4 is 11.1 Å². The van der Waals surface area contributed by atoms with Crippen LogP contribution in [0.2, 0.25) is 0 Å². The molecule has 1 aromatic rings. The van der Waals surface area contributed by atoms with Gasteiger partial charge in [-0.05, 0) is 31.5 Å². The van der Waals surface area contributed by atoms with E-state index in [1.165, 1.54) is 12.1 Å². The number of nitrogens with one attached hydrogen (secondary N) is 1. The highest BCUT2D eigenvalue weighted by atomic mass is 16.4. The number of carbonyl (C=O) groups excluding carboxylic acids is 1. The number of nitrogens with two attached hydrogens (primary N) is 1. The van der Waals surface area contributed by atoms with Crippen LogP contribution in [-0.4, -0.2) is 27.6 Å². The summed E-state index contributed by atoms with van der Waals surface area (Å²) in [6, 6.07) is 3.68. The number of carboxylic acid groups (broad SMARTS) is 1. The van der Waals surface area contributed by atoms with Crippen LogP contribution >= 0.6 is 0 Å². The second kappa shape index (κ2) is 5.05. The lowest BCUT2D eigenvalue weighted by molar-refractivity contribution is -0.120. The molecule has 0 bridgehead atoms. The molecule has 5 N–H and O–H groups in total. The zero-order valence-corrected chi connectivity index (χ0v) is 10.2. The van der Waals surface area contributed by atoms with Crippen LogP contribution in [0.3, 0.4) is 0 Å². The van der Waals surface area contributed by atoms with Gasteiger partial charge in [-0.1, -0.05) is 6.92 Å². The molecule has 98 valence electrons. The van der Waals surface area contributed by atoms with Crippen LogP contribution in [0, 0.1) is 0 Å². The van der Waals surface area contributed by atoms with Crippen molar-refractivity contribution in [1.29, 1.82) is 0 Å². The number of carbonyl (C=O) groups is 2. The minimum Gasteiger partial charge on any atom is -0.508 e. The number of carboxylic acids is 1. The van der Waals surface area contributed by atoms with Gasteiger partial charge >= 0.3 is 5.97 Å². The van der Waals surface area contributed by atoms with Crippen molar-refractivity contribution in [3.05, 3.63) is 23.8 Å². The molecule has 0 spiro atoms. The van der Waals surface area contributed by atoms with E-state index >= 15 is 0 Å². The Labute approximate surface area is 104 Å². The quantitative estimate of drug-likeness (QED) is 0.600. The van der Waals surface area contributed by atoms with Crippen LogP contribution in [0.1, 0.15) is 30.6 Å². The summed E-state index contributed by atoms with van der Waals surface area (Å²) in [6.07, 6.45) is 0.416. The van der Waals surface area contributed by atoms with Crippen LogP contribution in [0.25, 0.3) is 0 Å². The number of hydrogen-bond acceptors (Lipinski definition) is 4. The number of hydrogen-bond donors (Lipinski definition) is 4. The van der Waals surface area contributed by atoms with E-state index in [0.29, 0.717) is 6.42 Å². The molecule has 1 atom stereocenters. The first-order chi connectivity index (χ1) is 8.27. The summed E-state index contributed by atoms with van der Waals surface area (Å²) in [4.78, 5) is 22.8. The van der Waals surface area contributed by atoms with Gasteiger partial charge in [0.25, 0.3) is 0 Å². The highest BCUT2D eigenvalue weighted by molar-refractivity contribution is 6.03. The zero-order valence-electron chi connectivity index (χ0n) is 10.2. The van der Waals surface area contributed by atoms with Crippen LogP contribution in [0.5, 0.6) is 5.75 Å². The topological polar surface area (TPSA) is 113 Å². The lowest BCUT2D eigenvalue weighted by Crippen LogP contribution is -2.47. The Morgan fingerprint density at radius 3 is 2.56 bits per heavy atom. The van der Waals surface area contributed by atoms with Crippen molar-refractivity contribution in [3.8, 4) is 5.75 Å². The number of aromatic hydroxyl groups is 1. The van der Waals surface area contributed by atoms with Crippen molar-refractivity contribution in [3.63, 3.8) is 0 Å². The van der Waals surface area contributed by atoms with Gasteiger partial charge in [0.15, 0.2) is 0 Å². The third-order valence-corrected chi connectivity index (χ3v) is 2.73. The molecule has 1 rings (SSSR count). The standard InChI is InChI=1S/C12H16N2O4/c1-3-12(2,13)11(18)14-9-5-4-7(15)6-8(9)10(16)17/h4-6,15H,3,13H2,1-2H3,(H,14,18)(H,16,17). The van der Waals surface area contributed by atoms with Gasteiger partial charge < -0.3 is 21.3 Å². The van der Waals surface area contributed by atoms with Crippen molar-refractivity contribution < 1.29 is 19.8 Å². The van der Waals surface area contributed by atoms with Crippen molar-refractivity contribution in [2.45, 2.75) is 25.8 Å². The fraction of sp³-hybridized carbons (Fsp3) is 0.333. The van der Waals surface area contributed by atoms with Crippen molar-refractivity contribution >= 4 is 17.6 Å². The molecule has 1 amide bonds. The predicted octanol–water partition coefficient (Wildman–Crippen LogP) is 1.16. The number of anilines is 1. The van der Waals surface area contributed by atoms with Gasteiger partial charge in [0.1, 0.15) is 5.75 Å². The first-order valence-electron chi connectivity index (χ1n) is 5.44. The molecule has 18 heavy (non-hydrogen) atoms. The Balaban J connectivity index is 3.05. The number of amides is 1. The number of aromatic carboxylic acids is 1. The molecule has 6 nitrogen and oxygen atoms in total. The molecule has 0 saturated heterocycles. The van der Waals surface area contributed by atoms with Gasteiger partial charge in [0.2, 0.25) is 5.91 Å². The molecule has 0 saturated carbocycles. The van der Waals surface area contributed by atoms with Crippen molar-refractivity contribution in [2.75, 3.05) is 5.32 Å². The third-order valence-electron chi connectivity index (χ3n) is 2.73. The van der Waals surface area contributed by atoms with Gasteiger partial charge in [-0.15, -0.1) is 0 Å². The smallest absolute Gasteiger partial charge is 0.337 e. The molecule has 0 aliphatic heterocycles. The Morgan fingerprint density at radius 1 is 1.44 bits per heavy atom. The van der Waals surface area contributed by atoms with Gasteiger partial charge in [0, 0.05) is 0 Å². The molecule has 0 heterocycles. The molecule has 1 aromatic carbocycles. The van der Waals surface area contributed by atoms with E-state index in [9.17, 15) is 14.7 Å². The second-order valence-corrected chi connectivity index (χ2v) is 4.26. The first kappa shape index (κ1) is 14.0. The summed E-state index contributed by atoms with van der Waals surface area (Å²) in [7, 11) is 0. The fourth-order valence-corrected chi connectivity index (χ4v) is 1.24. The molecular formula is C12H16N2O4. The molecule has 0 fully saturated rings. The van der Waals surface area contributed by atoms with E-state index in [0.717, 1.165) is 6.07 Å². The zero-order chi connectivity index (χ0) is 13.9. The third kappa shape index (κ3) is 2.98. The summed E-state index contributed by atoms with van der Waals surface area (Å²) in [5, 5.41) is 20.6. The van der Waals surface area contributed by atoms with Gasteiger partial charge in [-0.3, -0.25) is 4.79 Å². The Hall–Kier alpha value is -2.08. The average Bonchev–Trinajstić information content (AvgIpc) is 2.31. The molecule has 0 radical (unpaired) electrons. The maximum Gasteiger partial charge on any atom is 0.337 e. The van der Waals surface area contributed by atoms with Gasteiger partial charge in [-0.2, -0.15) is 0 Å². The van der Waals surface area contributed by atoms with Crippen molar-refractivity contribution in [1.82, 2.24) is 0 Å². The van der Waals surface area contributed by atoms with Gasteiger partial charge in [0.05, 0.1) is 16.8 Å². The Morgan fingerprint density at radius 2 is 2.06 bits per heavy atom. The number of rotatable bonds is 4. The summed E-state index contributed by atoms with van der Waals surface area (Å²) < 4.78 is 0. The lowest BCUT2D eigenvalue weighted by atomic mass is 9.99. The van der Waals surface area contributed by atoms with Gasteiger partial charge in [-0.25, -0.2) is 4.79 Å². The number of phenols is 1. The molecular weight excluding hydrogens is 236 g/mol. The first-order valence-corrected chi connectivity index (χ1v) is 5.44. The van der Waals surface area contributed by atoms with E-state index < -0.39 is 17.4 Å².